The minimum absolute atomic E-state index is 0.0170. The SMILES string of the molecule is CC(C)N1C[C@@H](C2c3ccccc3CCc3ccccc32)n2ncc(=O)c(O)c2C1=O. The molecule has 5 rings (SSSR count). The van der Waals surface area contributed by atoms with E-state index in [0.717, 1.165) is 19.0 Å². The molecule has 1 atom stereocenters. The third-order valence-electron chi connectivity index (χ3n) is 6.60. The molecule has 1 aromatic heterocycles. The van der Waals surface area contributed by atoms with E-state index >= 15 is 0 Å². The second-order valence-electron chi connectivity index (χ2n) is 8.64. The number of nitrogens with zero attached hydrogens (tertiary/aromatic N) is 3. The van der Waals surface area contributed by atoms with Crippen LogP contribution in [-0.2, 0) is 12.8 Å². The molecule has 0 fully saturated rings. The van der Waals surface area contributed by atoms with Crippen LogP contribution in [0.5, 0.6) is 5.75 Å². The minimum atomic E-state index is -0.634. The molecule has 0 radical (unpaired) electrons. The molecule has 31 heavy (non-hydrogen) atoms. The van der Waals surface area contributed by atoms with Crippen LogP contribution in [0.2, 0.25) is 0 Å². The van der Waals surface area contributed by atoms with Gasteiger partial charge in [-0.1, -0.05) is 48.5 Å². The van der Waals surface area contributed by atoms with Crippen LogP contribution in [0.15, 0.2) is 59.5 Å². The molecule has 0 spiro atoms. The highest BCUT2D eigenvalue weighted by atomic mass is 16.3. The smallest absolute Gasteiger partial charge is 0.276 e. The molecule has 1 aliphatic heterocycles. The van der Waals surface area contributed by atoms with Crippen LogP contribution in [0, 0.1) is 0 Å². The van der Waals surface area contributed by atoms with Crippen molar-refractivity contribution in [1.82, 2.24) is 14.7 Å². The van der Waals surface area contributed by atoms with Gasteiger partial charge in [0.15, 0.2) is 11.4 Å². The fraction of sp³-hybridized carbons (Fsp3) is 0.320. The van der Waals surface area contributed by atoms with E-state index in [2.05, 4.69) is 41.5 Å². The number of aromatic nitrogens is 2. The molecular formula is C25H25N3O3. The molecule has 6 nitrogen and oxygen atoms in total. The molecule has 2 aromatic carbocycles. The van der Waals surface area contributed by atoms with Crippen molar-refractivity contribution in [2.24, 2.45) is 0 Å². The first kappa shape index (κ1) is 19.5. The highest BCUT2D eigenvalue weighted by Crippen LogP contribution is 2.43. The van der Waals surface area contributed by atoms with Crippen molar-refractivity contribution in [3.05, 3.63) is 92.9 Å². The van der Waals surface area contributed by atoms with Crippen LogP contribution in [0.3, 0.4) is 0 Å². The van der Waals surface area contributed by atoms with Gasteiger partial charge in [-0.15, -0.1) is 0 Å². The number of hydrogen-bond donors (Lipinski definition) is 1. The summed E-state index contributed by atoms with van der Waals surface area (Å²) in [6, 6.07) is 16.5. The lowest BCUT2D eigenvalue weighted by Crippen LogP contribution is -2.49. The van der Waals surface area contributed by atoms with Crippen LogP contribution in [-0.4, -0.2) is 38.3 Å². The number of rotatable bonds is 2. The Morgan fingerprint density at radius 1 is 0.968 bits per heavy atom. The molecule has 0 bridgehead atoms. The average molecular weight is 415 g/mol. The Kier molecular flexibility index (Phi) is 4.65. The zero-order valence-electron chi connectivity index (χ0n) is 17.7. The topological polar surface area (TPSA) is 75.4 Å². The van der Waals surface area contributed by atoms with E-state index in [1.807, 2.05) is 26.0 Å². The highest BCUT2D eigenvalue weighted by Gasteiger charge is 2.41. The lowest BCUT2D eigenvalue weighted by Gasteiger charge is -2.41. The summed E-state index contributed by atoms with van der Waals surface area (Å²) >= 11 is 0. The van der Waals surface area contributed by atoms with Gasteiger partial charge in [0.25, 0.3) is 5.91 Å². The van der Waals surface area contributed by atoms with Gasteiger partial charge in [-0.3, -0.25) is 14.3 Å². The Labute approximate surface area is 180 Å². The van der Waals surface area contributed by atoms with Crippen LogP contribution < -0.4 is 5.43 Å². The molecule has 2 aliphatic rings. The van der Waals surface area contributed by atoms with E-state index in [1.54, 1.807) is 9.58 Å². The summed E-state index contributed by atoms with van der Waals surface area (Å²) in [6.07, 6.45) is 3.00. The van der Waals surface area contributed by atoms with E-state index < -0.39 is 11.2 Å². The molecule has 2 heterocycles. The third kappa shape index (κ3) is 3.05. The van der Waals surface area contributed by atoms with Crippen molar-refractivity contribution in [3.63, 3.8) is 0 Å². The van der Waals surface area contributed by atoms with E-state index in [0.29, 0.717) is 6.54 Å². The van der Waals surface area contributed by atoms with E-state index in [1.165, 1.54) is 22.3 Å². The maximum Gasteiger partial charge on any atom is 0.276 e. The fourth-order valence-corrected chi connectivity index (χ4v) is 5.08. The molecule has 1 amide bonds. The number of benzene rings is 2. The lowest BCUT2D eigenvalue weighted by atomic mass is 9.81. The first-order valence-corrected chi connectivity index (χ1v) is 10.7. The van der Waals surface area contributed by atoms with Crippen LogP contribution in [0.1, 0.15) is 58.5 Å². The van der Waals surface area contributed by atoms with Gasteiger partial charge in [-0.2, -0.15) is 5.10 Å². The molecule has 0 unspecified atom stereocenters. The van der Waals surface area contributed by atoms with Crippen molar-refractivity contribution in [1.29, 1.82) is 0 Å². The molecule has 3 aromatic rings. The molecule has 0 saturated heterocycles. The maximum atomic E-state index is 13.2. The fourth-order valence-electron chi connectivity index (χ4n) is 5.08. The number of amides is 1. The van der Waals surface area contributed by atoms with Crippen LogP contribution in [0.25, 0.3) is 0 Å². The molecule has 0 saturated carbocycles. The zero-order chi connectivity index (χ0) is 21.7. The minimum Gasteiger partial charge on any atom is -0.502 e. The number of aromatic hydroxyl groups is 1. The molecule has 6 heteroatoms. The summed E-state index contributed by atoms with van der Waals surface area (Å²) in [7, 11) is 0. The van der Waals surface area contributed by atoms with Crippen molar-refractivity contribution < 1.29 is 9.90 Å². The van der Waals surface area contributed by atoms with Gasteiger partial charge in [0.2, 0.25) is 5.43 Å². The number of hydrogen-bond acceptors (Lipinski definition) is 4. The standard InChI is InChI=1S/C25H25N3O3/c1-15(2)27-14-20(28-23(25(27)31)24(30)21(29)13-26-28)22-18-9-5-3-7-16(18)11-12-17-8-4-6-10-19(17)22/h3-10,13,15,20,22,30H,11-12,14H2,1-2H3/t20-/m0/s1. The van der Waals surface area contributed by atoms with E-state index in [-0.39, 0.29) is 29.6 Å². The predicted molar refractivity (Wildman–Crippen MR) is 118 cm³/mol. The Morgan fingerprint density at radius 2 is 1.55 bits per heavy atom. The maximum absolute atomic E-state index is 13.2. The Hall–Kier alpha value is -3.41. The van der Waals surface area contributed by atoms with Gasteiger partial charge in [0.05, 0.1) is 12.2 Å². The summed E-state index contributed by atoms with van der Waals surface area (Å²) in [6.45, 7) is 4.35. The van der Waals surface area contributed by atoms with E-state index in [4.69, 9.17) is 0 Å². The molecule has 1 aliphatic carbocycles. The molecular weight excluding hydrogens is 390 g/mol. The lowest BCUT2D eigenvalue weighted by molar-refractivity contribution is 0.0570. The Bertz CT molecular complexity index is 1180. The average Bonchev–Trinajstić information content (AvgIpc) is 2.93. The number of carbonyl (C=O) groups excluding carboxylic acids is 1. The summed E-state index contributed by atoms with van der Waals surface area (Å²) in [5.41, 5.74) is 4.33. The first-order chi connectivity index (χ1) is 15.0. The second-order valence-corrected chi connectivity index (χ2v) is 8.64. The van der Waals surface area contributed by atoms with Crippen molar-refractivity contribution in [3.8, 4) is 5.75 Å². The van der Waals surface area contributed by atoms with Crippen molar-refractivity contribution >= 4 is 5.91 Å². The Morgan fingerprint density at radius 3 is 2.13 bits per heavy atom. The number of fused-ring (bicyclic) bond motifs is 3. The third-order valence-corrected chi connectivity index (χ3v) is 6.60. The van der Waals surface area contributed by atoms with Crippen LogP contribution >= 0.6 is 0 Å². The molecule has 1 N–H and O–H groups in total. The second kappa shape index (κ2) is 7.38. The van der Waals surface area contributed by atoms with Gasteiger partial charge in [0.1, 0.15) is 0 Å². The molecule has 158 valence electrons. The summed E-state index contributed by atoms with van der Waals surface area (Å²) in [5.74, 6) is -0.938. The Balaban J connectivity index is 1.79. The quantitative estimate of drug-likeness (QED) is 0.697. The summed E-state index contributed by atoms with van der Waals surface area (Å²) < 4.78 is 1.58. The predicted octanol–water partition coefficient (Wildman–Crippen LogP) is 3.28. The van der Waals surface area contributed by atoms with Gasteiger partial charge >= 0.3 is 0 Å². The van der Waals surface area contributed by atoms with Gasteiger partial charge in [-0.05, 0) is 48.9 Å². The van der Waals surface area contributed by atoms with Gasteiger partial charge < -0.3 is 10.0 Å². The highest BCUT2D eigenvalue weighted by molar-refractivity contribution is 5.96. The normalized spacial score (nSPS) is 18.4. The number of aryl methyl sites for hydroxylation is 2. The number of carbonyl (C=O) groups is 1. The summed E-state index contributed by atoms with van der Waals surface area (Å²) in [5, 5.41) is 14.9. The summed E-state index contributed by atoms with van der Waals surface area (Å²) in [4.78, 5) is 27.1. The largest absolute Gasteiger partial charge is 0.502 e. The van der Waals surface area contributed by atoms with Crippen LogP contribution in [0.4, 0.5) is 0 Å². The van der Waals surface area contributed by atoms with Crippen molar-refractivity contribution in [2.75, 3.05) is 6.54 Å². The van der Waals surface area contributed by atoms with Gasteiger partial charge in [-0.25, -0.2) is 0 Å². The van der Waals surface area contributed by atoms with E-state index in [9.17, 15) is 14.7 Å². The first-order valence-electron chi connectivity index (χ1n) is 10.7. The van der Waals surface area contributed by atoms with Gasteiger partial charge in [0, 0.05) is 18.5 Å². The monoisotopic (exact) mass is 415 g/mol. The zero-order valence-corrected chi connectivity index (χ0v) is 17.7. The van der Waals surface area contributed by atoms with Crippen molar-refractivity contribution in [2.45, 2.75) is 44.7 Å².